The zero-order valence-electron chi connectivity index (χ0n) is 31.4. The van der Waals surface area contributed by atoms with Gasteiger partial charge in [-0.15, -0.1) is 21.5 Å². The maximum atomic E-state index is 13.5. The van der Waals surface area contributed by atoms with E-state index in [1.165, 1.54) is 0 Å². The topological polar surface area (TPSA) is 173 Å². The number of rotatable bonds is 12. The first-order valence-electron chi connectivity index (χ1n) is 18.9. The molecule has 0 bridgehead atoms. The van der Waals surface area contributed by atoms with Gasteiger partial charge in [0.1, 0.15) is 22.7 Å². The van der Waals surface area contributed by atoms with Crippen molar-refractivity contribution in [2.75, 3.05) is 13.1 Å². The number of Topliss-reactive ketones (excluding diaryl/α,β-unsaturated/α-hetero) is 2. The van der Waals surface area contributed by atoms with Crippen LogP contribution in [0.2, 0.25) is 5.02 Å². The minimum Gasteiger partial charge on any atom is -0.356 e. The van der Waals surface area contributed by atoms with Gasteiger partial charge in [-0.05, 0) is 82.2 Å². The van der Waals surface area contributed by atoms with Crippen LogP contribution < -0.4 is 10.6 Å². The highest BCUT2D eigenvalue weighted by Gasteiger charge is 2.44. The average molecular weight is 796 g/mol. The molecule has 3 aliphatic rings. The van der Waals surface area contributed by atoms with Gasteiger partial charge in [0.15, 0.2) is 11.6 Å². The van der Waals surface area contributed by atoms with Gasteiger partial charge in [-0.3, -0.25) is 43.2 Å². The third-order valence-electron chi connectivity index (χ3n) is 10.6. The number of aryl methyl sites for hydroxylation is 3. The second kappa shape index (κ2) is 16.4. The molecule has 4 heterocycles. The number of benzene rings is 2. The lowest BCUT2D eigenvalue weighted by Crippen LogP contribution is -2.44. The Balaban J connectivity index is 0.906. The lowest BCUT2D eigenvalue weighted by atomic mass is 9.99. The van der Waals surface area contributed by atoms with Crippen molar-refractivity contribution in [1.29, 1.82) is 0 Å². The number of ketones is 2. The molecule has 0 saturated heterocycles. The maximum Gasteiger partial charge on any atom is 0.262 e. The molecule has 13 nitrogen and oxygen atoms in total. The molecular weight excluding hydrogens is 754 g/mol. The second-order valence-corrected chi connectivity index (χ2v) is 16.1. The molecule has 0 unspecified atom stereocenters. The maximum absolute atomic E-state index is 13.5. The van der Waals surface area contributed by atoms with Crippen molar-refractivity contribution >= 4 is 63.8 Å². The predicted molar refractivity (Wildman–Crippen MR) is 211 cm³/mol. The van der Waals surface area contributed by atoms with E-state index in [1.807, 2.05) is 35.8 Å². The van der Waals surface area contributed by atoms with Gasteiger partial charge in [0.2, 0.25) is 11.8 Å². The molecule has 1 aliphatic carbocycles. The molecule has 56 heavy (non-hydrogen) atoms. The Morgan fingerprint density at radius 1 is 0.911 bits per heavy atom. The SMILES string of the molecule is Cc1sc2c(c1C)C(c1ccc(Cl)cc1)=N[C@@H](CC(=O)NCCCCNC(=O)CCc1cccc3c1C(=O)N([C@H]1CCCC(=O)CC1=O)C3=O)c1nnc(C)n1-2. The number of aliphatic imine (C=N–C) groups is 1. The highest BCUT2D eigenvalue weighted by Crippen LogP contribution is 2.40. The largest absolute Gasteiger partial charge is 0.356 e. The fourth-order valence-corrected chi connectivity index (χ4v) is 8.95. The van der Waals surface area contributed by atoms with E-state index in [-0.39, 0.29) is 67.2 Å². The summed E-state index contributed by atoms with van der Waals surface area (Å²) in [6.45, 7) is 6.86. The molecule has 2 aliphatic heterocycles. The standard InChI is InChI=1S/C41H42ClN7O6S/c1-22-23(2)56-41-35(22)37(26-12-15-27(42)16-13-26)45-30(38-47-46-24(3)48(38)41)21-34(53)44-19-5-4-18-43-33(52)17-14-25-8-6-10-29-36(25)40(55)49(39(29)54)31-11-7-9-28(50)20-32(31)51/h6,8,10,12-13,15-16,30-31H,4-5,7,9,11,14,17-21H2,1-3H3,(H,43,52)(H,44,53)/t30-,31-/m0/s1. The number of imide groups is 1. The number of aromatic nitrogens is 3. The summed E-state index contributed by atoms with van der Waals surface area (Å²) in [6.07, 6.45) is 2.34. The van der Waals surface area contributed by atoms with Crippen LogP contribution in [-0.2, 0) is 25.6 Å². The summed E-state index contributed by atoms with van der Waals surface area (Å²) >= 11 is 7.86. The van der Waals surface area contributed by atoms with Crippen molar-refractivity contribution < 1.29 is 28.8 Å². The molecule has 2 atom stereocenters. The highest BCUT2D eigenvalue weighted by molar-refractivity contribution is 7.15. The molecule has 2 aromatic heterocycles. The van der Waals surface area contributed by atoms with E-state index >= 15 is 0 Å². The summed E-state index contributed by atoms with van der Waals surface area (Å²) < 4.78 is 2.01. The number of fused-ring (bicyclic) bond motifs is 4. The zero-order chi connectivity index (χ0) is 39.7. The lowest BCUT2D eigenvalue weighted by molar-refractivity contribution is -0.128. The molecule has 4 aromatic rings. The average Bonchev–Trinajstić information content (AvgIpc) is 3.69. The first kappa shape index (κ1) is 38.9. The van der Waals surface area contributed by atoms with E-state index in [9.17, 15) is 28.8 Å². The fraction of sp³-hybridized carbons (Fsp3) is 0.390. The van der Waals surface area contributed by atoms with E-state index in [4.69, 9.17) is 16.6 Å². The molecular formula is C41H42ClN7O6S. The molecule has 2 N–H and O–H groups in total. The molecule has 15 heteroatoms. The third-order valence-corrected chi connectivity index (χ3v) is 12.1. The van der Waals surface area contributed by atoms with Crippen LogP contribution in [-0.4, -0.2) is 79.7 Å². The minimum atomic E-state index is -0.956. The monoisotopic (exact) mass is 795 g/mol. The van der Waals surface area contributed by atoms with E-state index in [2.05, 4.69) is 34.7 Å². The Hall–Kier alpha value is -5.34. The Morgan fingerprint density at radius 2 is 1.64 bits per heavy atom. The van der Waals surface area contributed by atoms with Crippen LogP contribution in [0.15, 0.2) is 47.5 Å². The van der Waals surface area contributed by atoms with Gasteiger partial charge in [0, 0.05) is 47.0 Å². The summed E-state index contributed by atoms with van der Waals surface area (Å²) in [4.78, 5) is 84.8. The highest BCUT2D eigenvalue weighted by atomic mass is 35.5. The molecule has 1 fully saturated rings. The van der Waals surface area contributed by atoms with Crippen molar-refractivity contribution in [2.45, 2.75) is 90.6 Å². The molecule has 0 spiro atoms. The van der Waals surface area contributed by atoms with E-state index in [0.29, 0.717) is 54.6 Å². The van der Waals surface area contributed by atoms with E-state index in [1.54, 1.807) is 29.5 Å². The van der Waals surface area contributed by atoms with Crippen molar-refractivity contribution in [3.63, 3.8) is 0 Å². The summed E-state index contributed by atoms with van der Waals surface area (Å²) in [6, 6.07) is 10.9. The molecule has 0 radical (unpaired) electrons. The van der Waals surface area contributed by atoms with Gasteiger partial charge in [-0.25, -0.2) is 0 Å². The second-order valence-electron chi connectivity index (χ2n) is 14.4. The van der Waals surface area contributed by atoms with Crippen molar-refractivity contribution in [3.8, 4) is 5.00 Å². The van der Waals surface area contributed by atoms with Crippen LogP contribution in [0, 0.1) is 20.8 Å². The number of carbonyl (C=O) groups is 6. The molecule has 7 rings (SSSR count). The predicted octanol–water partition coefficient (Wildman–Crippen LogP) is 5.51. The quantitative estimate of drug-likeness (QED) is 0.0818. The molecule has 2 aromatic carbocycles. The number of hydrogen-bond acceptors (Lipinski definition) is 10. The van der Waals surface area contributed by atoms with Crippen molar-refractivity contribution in [3.05, 3.63) is 97.4 Å². The number of nitrogens with zero attached hydrogens (tertiary/aromatic N) is 5. The van der Waals surface area contributed by atoms with Gasteiger partial charge in [-0.1, -0.05) is 35.9 Å². The number of halogens is 1. The Kier molecular flexibility index (Phi) is 11.4. The number of unbranched alkanes of at least 4 members (excludes halogenated alkanes) is 1. The minimum absolute atomic E-state index is 0.0740. The van der Waals surface area contributed by atoms with Crippen molar-refractivity contribution in [1.82, 2.24) is 30.3 Å². The van der Waals surface area contributed by atoms with E-state index in [0.717, 1.165) is 37.2 Å². The van der Waals surface area contributed by atoms with Crippen LogP contribution in [0.3, 0.4) is 0 Å². The summed E-state index contributed by atoms with van der Waals surface area (Å²) in [5.41, 5.74) is 4.77. The Morgan fingerprint density at radius 3 is 2.39 bits per heavy atom. The van der Waals surface area contributed by atoms with Crippen molar-refractivity contribution in [2.24, 2.45) is 4.99 Å². The van der Waals surface area contributed by atoms with Gasteiger partial charge in [0.05, 0.1) is 35.7 Å². The van der Waals surface area contributed by atoms with Crippen LogP contribution >= 0.6 is 22.9 Å². The number of amides is 4. The lowest BCUT2D eigenvalue weighted by Gasteiger charge is -2.23. The number of nitrogens with one attached hydrogen (secondary N) is 2. The number of thiophene rings is 1. The normalized spacial score (nSPS) is 17.9. The summed E-state index contributed by atoms with van der Waals surface area (Å²) in [5, 5.41) is 16.3. The summed E-state index contributed by atoms with van der Waals surface area (Å²) in [5.74, 6) is -0.755. The summed E-state index contributed by atoms with van der Waals surface area (Å²) in [7, 11) is 0. The van der Waals surface area contributed by atoms with Gasteiger partial charge in [0.25, 0.3) is 11.8 Å². The molecule has 290 valence electrons. The van der Waals surface area contributed by atoms with Gasteiger partial charge < -0.3 is 10.6 Å². The number of carbonyl (C=O) groups excluding carboxylic acids is 6. The first-order valence-corrected chi connectivity index (χ1v) is 20.1. The van der Waals surface area contributed by atoms with Gasteiger partial charge in [-0.2, -0.15) is 0 Å². The smallest absolute Gasteiger partial charge is 0.262 e. The number of hydrogen-bond donors (Lipinski definition) is 2. The van der Waals surface area contributed by atoms with Gasteiger partial charge >= 0.3 is 0 Å². The molecule has 4 amide bonds. The van der Waals surface area contributed by atoms with Crippen LogP contribution in [0.1, 0.15) is 117 Å². The van der Waals surface area contributed by atoms with Crippen LogP contribution in [0.25, 0.3) is 5.00 Å². The first-order chi connectivity index (χ1) is 26.9. The Labute approximate surface area is 332 Å². The van der Waals surface area contributed by atoms with E-state index < -0.39 is 29.7 Å². The fourth-order valence-electron chi connectivity index (χ4n) is 7.61. The third kappa shape index (κ3) is 7.72. The molecule has 1 saturated carbocycles. The van der Waals surface area contributed by atoms with Crippen LogP contribution in [0.5, 0.6) is 0 Å². The zero-order valence-corrected chi connectivity index (χ0v) is 33.0. The van der Waals surface area contributed by atoms with Crippen LogP contribution in [0.4, 0.5) is 0 Å². The Bertz CT molecular complexity index is 2290.